The first-order valence-electron chi connectivity index (χ1n) is 9.14. The highest BCUT2D eigenvalue weighted by molar-refractivity contribution is 7.89. The SMILES string of the molecule is CCOC(=O)C1CCN(C(=O)CN(C)S(=O)(=O)c2ccc(C)c(C)c2)CC1. The van der Waals surface area contributed by atoms with Crippen molar-refractivity contribution in [1.29, 1.82) is 0 Å². The number of sulfonamides is 1. The summed E-state index contributed by atoms with van der Waals surface area (Å²) in [6, 6.07) is 4.94. The first kappa shape index (κ1) is 21.4. The predicted octanol–water partition coefficient (Wildman–Crippen LogP) is 1.73. The second-order valence-corrected chi connectivity index (χ2v) is 8.96. The van der Waals surface area contributed by atoms with Crippen LogP contribution >= 0.6 is 0 Å². The van der Waals surface area contributed by atoms with E-state index in [0.717, 1.165) is 15.4 Å². The molecule has 1 aliphatic rings. The van der Waals surface area contributed by atoms with Crippen LogP contribution in [0.5, 0.6) is 0 Å². The molecule has 0 spiro atoms. The van der Waals surface area contributed by atoms with Crippen LogP contribution in [-0.4, -0.2) is 62.8 Å². The van der Waals surface area contributed by atoms with E-state index in [-0.39, 0.29) is 29.2 Å². The molecule has 0 unspecified atom stereocenters. The number of likely N-dealkylation sites (N-methyl/N-ethyl adjacent to an activating group) is 1. The third-order valence-corrected chi connectivity index (χ3v) is 6.81. The maximum atomic E-state index is 12.7. The highest BCUT2D eigenvalue weighted by atomic mass is 32.2. The van der Waals surface area contributed by atoms with Gasteiger partial charge in [0, 0.05) is 20.1 Å². The van der Waals surface area contributed by atoms with Gasteiger partial charge in [-0.2, -0.15) is 4.31 Å². The van der Waals surface area contributed by atoms with Crippen molar-refractivity contribution in [3.8, 4) is 0 Å². The Labute approximate surface area is 161 Å². The molecule has 0 radical (unpaired) electrons. The number of aryl methyl sites for hydroxylation is 2. The first-order valence-corrected chi connectivity index (χ1v) is 10.6. The summed E-state index contributed by atoms with van der Waals surface area (Å²) in [6.07, 6.45) is 1.08. The number of carbonyl (C=O) groups is 2. The number of hydrogen-bond donors (Lipinski definition) is 0. The van der Waals surface area contributed by atoms with Gasteiger partial charge < -0.3 is 9.64 Å². The minimum Gasteiger partial charge on any atom is -0.466 e. The van der Waals surface area contributed by atoms with Gasteiger partial charge in [0.1, 0.15) is 0 Å². The Morgan fingerprint density at radius 3 is 2.37 bits per heavy atom. The quantitative estimate of drug-likeness (QED) is 0.684. The van der Waals surface area contributed by atoms with Gasteiger partial charge in [0.05, 0.1) is 24.0 Å². The first-order chi connectivity index (χ1) is 12.7. The molecule has 0 bridgehead atoms. The van der Waals surface area contributed by atoms with Gasteiger partial charge in [-0.15, -0.1) is 0 Å². The molecule has 8 heteroatoms. The van der Waals surface area contributed by atoms with E-state index in [1.54, 1.807) is 30.0 Å². The molecule has 0 N–H and O–H groups in total. The lowest BCUT2D eigenvalue weighted by molar-refractivity contribution is -0.151. The van der Waals surface area contributed by atoms with Crippen LogP contribution in [0.25, 0.3) is 0 Å². The highest BCUT2D eigenvalue weighted by Crippen LogP contribution is 2.21. The Balaban J connectivity index is 1.97. The number of esters is 1. The molecule has 0 atom stereocenters. The Hall–Kier alpha value is -1.93. The minimum atomic E-state index is -3.73. The van der Waals surface area contributed by atoms with E-state index in [4.69, 9.17) is 4.74 Å². The van der Waals surface area contributed by atoms with Gasteiger partial charge in [0.25, 0.3) is 0 Å². The van der Waals surface area contributed by atoms with Gasteiger partial charge >= 0.3 is 5.97 Å². The number of piperidine rings is 1. The van der Waals surface area contributed by atoms with E-state index in [0.29, 0.717) is 32.5 Å². The van der Waals surface area contributed by atoms with Crippen LogP contribution in [0.3, 0.4) is 0 Å². The summed E-state index contributed by atoms with van der Waals surface area (Å²) < 4.78 is 31.5. The molecule has 7 nitrogen and oxygen atoms in total. The summed E-state index contributed by atoms with van der Waals surface area (Å²) in [5.74, 6) is -0.669. The Morgan fingerprint density at radius 2 is 1.81 bits per heavy atom. The molecule has 0 aliphatic carbocycles. The lowest BCUT2D eigenvalue weighted by Crippen LogP contribution is -2.45. The monoisotopic (exact) mass is 396 g/mol. The van der Waals surface area contributed by atoms with Crippen LogP contribution in [0, 0.1) is 19.8 Å². The molecular formula is C19H28N2O5S. The molecule has 1 fully saturated rings. The van der Waals surface area contributed by atoms with Crippen LogP contribution in [-0.2, 0) is 24.3 Å². The van der Waals surface area contributed by atoms with E-state index < -0.39 is 10.0 Å². The van der Waals surface area contributed by atoms with Crippen molar-refractivity contribution >= 4 is 21.9 Å². The molecule has 0 aromatic heterocycles. The second kappa shape index (κ2) is 8.84. The van der Waals surface area contributed by atoms with E-state index >= 15 is 0 Å². The third-order valence-electron chi connectivity index (χ3n) is 5.01. The van der Waals surface area contributed by atoms with Gasteiger partial charge in [-0.1, -0.05) is 6.07 Å². The largest absolute Gasteiger partial charge is 0.466 e. The van der Waals surface area contributed by atoms with Crippen molar-refractivity contribution < 1.29 is 22.7 Å². The van der Waals surface area contributed by atoms with Crippen molar-refractivity contribution in [2.24, 2.45) is 5.92 Å². The lowest BCUT2D eigenvalue weighted by atomic mass is 9.97. The van der Waals surface area contributed by atoms with E-state index in [1.807, 2.05) is 13.8 Å². The van der Waals surface area contributed by atoms with Crippen LogP contribution in [0.4, 0.5) is 0 Å². The lowest BCUT2D eigenvalue weighted by Gasteiger charge is -2.32. The molecule has 1 aromatic carbocycles. The van der Waals surface area contributed by atoms with Gasteiger partial charge in [-0.05, 0) is 56.9 Å². The van der Waals surface area contributed by atoms with Gasteiger partial charge in [0.15, 0.2) is 0 Å². The summed E-state index contributed by atoms with van der Waals surface area (Å²) in [6.45, 7) is 6.52. The smallest absolute Gasteiger partial charge is 0.309 e. The number of benzene rings is 1. The molecule has 27 heavy (non-hydrogen) atoms. The van der Waals surface area contributed by atoms with Gasteiger partial charge in [0.2, 0.25) is 15.9 Å². The molecule has 1 amide bonds. The van der Waals surface area contributed by atoms with Crippen molar-refractivity contribution in [3.05, 3.63) is 29.3 Å². The average Bonchev–Trinajstić information content (AvgIpc) is 2.64. The number of amides is 1. The minimum absolute atomic E-state index is 0.182. The number of nitrogens with zero attached hydrogens (tertiary/aromatic N) is 2. The average molecular weight is 397 g/mol. The van der Waals surface area contributed by atoms with Crippen LogP contribution < -0.4 is 0 Å². The fourth-order valence-electron chi connectivity index (χ4n) is 3.05. The highest BCUT2D eigenvalue weighted by Gasteiger charge is 2.30. The predicted molar refractivity (Wildman–Crippen MR) is 102 cm³/mol. The van der Waals surface area contributed by atoms with Crippen molar-refractivity contribution in [2.75, 3.05) is 33.3 Å². The van der Waals surface area contributed by atoms with Crippen LogP contribution in [0.2, 0.25) is 0 Å². The number of hydrogen-bond acceptors (Lipinski definition) is 5. The maximum absolute atomic E-state index is 12.7. The van der Waals surface area contributed by atoms with E-state index in [2.05, 4.69) is 0 Å². The maximum Gasteiger partial charge on any atom is 0.309 e. The van der Waals surface area contributed by atoms with Crippen molar-refractivity contribution in [3.63, 3.8) is 0 Å². The second-order valence-electron chi connectivity index (χ2n) is 6.91. The van der Waals surface area contributed by atoms with E-state index in [1.165, 1.54) is 7.05 Å². The fourth-order valence-corrected chi connectivity index (χ4v) is 4.26. The topological polar surface area (TPSA) is 84.0 Å². The molecule has 1 saturated heterocycles. The summed E-state index contributed by atoms with van der Waals surface area (Å²) in [4.78, 5) is 26.1. The number of likely N-dealkylation sites (tertiary alicyclic amines) is 1. The summed E-state index contributed by atoms with van der Waals surface area (Å²) >= 11 is 0. The van der Waals surface area contributed by atoms with Gasteiger partial charge in [-0.3, -0.25) is 9.59 Å². The number of ether oxygens (including phenoxy) is 1. The summed E-state index contributed by atoms with van der Waals surface area (Å²) in [5, 5.41) is 0. The summed E-state index contributed by atoms with van der Waals surface area (Å²) in [5.41, 5.74) is 1.90. The number of rotatable bonds is 6. The van der Waals surface area contributed by atoms with E-state index in [9.17, 15) is 18.0 Å². The molecule has 150 valence electrons. The van der Waals surface area contributed by atoms with Crippen molar-refractivity contribution in [1.82, 2.24) is 9.21 Å². The molecule has 1 aliphatic heterocycles. The standard InChI is InChI=1S/C19H28N2O5S/c1-5-26-19(23)16-8-10-21(11-9-16)18(22)13-20(4)27(24,25)17-7-6-14(2)15(3)12-17/h6-7,12,16H,5,8-11,13H2,1-4H3. The Bertz CT molecular complexity index is 798. The van der Waals surface area contributed by atoms with Crippen LogP contribution in [0.15, 0.2) is 23.1 Å². The normalized spacial score (nSPS) is 15.8. The molecule has 1 heterocycles. The fraction of sp³-hybridized carbons (Fsp3) is 0.579. The molecule has 1 aromatic rings. The Morgan fingerprint density at radius 1 is 1.19 bits per heavy atom. The Kier molecular flexibility index (Phi) is 7.00. The molecular weight excluding hydrogens is 368 g/mol. The molecule has 2 rings (SSSR count). The number of carbonyl (C=O) groups excluding carboxylic acids is 2. The summed E-state index contributed by atoms with van der Waals surface area (Å²) in [7, 11) is -2.32. The zero-order valence-corrected chi connectivity index (χ0v) is 17.2. The third kappa shape index (κ3) is 5.07. The molecule has 0 saturated carbocycles. The van der Waals surface area contributed by atoms with Gasteiger partial charge in [-0.25, -0.2) is 8.42 Å². The zero-order chi connectivity index (χ0) is 20.2. The zero-order valence-electron chi connectivity index (χ0n) is 16.4. The van der Waals surface area contributed by atoms with Crippen LogP contribution in [0.1, 0.15) is 30.9 Å². The van der Waals surface area contributed by atoms with Crippen molar-refractivity contribution in [2.45, 2.75) is 38.5 Å².